The number of amides is 1. The molecule has 1 aliphatic rings. The minimum Gasteiger partial charge on any atom is -0.490 e. The number of benzene rings is 1. The van der Waals surface area contributed by atoms with Gasteiger partial charge in [0.1, 0.15) is 28.9 Å². The van der Waals surface area contributed by atoms with Crippen molar-refractivity contribution in [3.05, 3.63) is 60.1 Å². The second-order valence-corrected chi connectivity index (χ2v) is 9.80. The normalized spacial score (nSPS) is 13.2. The zero-order chi connectivity index (χ0) is 26.9. The molecule has 1 aliphatic heterocycles. The van der Waals surface area contributed by atoms with Crippen LogP contribution in [0.4, 0.5) is 16.3 Å². The summed E-state index contributed by atoms with van der Waals surface area (Å²) in [6.07, 6.45) is 2.59. The summed E-state index contributed by atoms with van der Waals surface area (Å²) >= 11 is 29.7. The maximum absolute atomic E-state index is 12.4. The van der Waals surface area contributed by atoms with Gasteiger partial charge in [0, 0.05) is 50.8 Å². The molecule has 10 nitrogen and oxygen atoms in total. The highest BCUT2D eigenvalue weighted by Gasteiger charge is 2.25. The molecule has 37 heavy (non-hydrogen) atoms. The first-order chi connectivity index (χ1) is 17.7. The fourth-order valence-electron chi connectivity index (χ4n) is 3.30. The van der Waals surface area contributed by atoms with Crippen molar-refractivity contribution in [3.8, 4) is 11.5 Å². The number of hydrogen-bond acceptors (Lipinski definition) is 8. The average Bonchev–Trinajstić information content (AvgIpc) is 2.85. The SMILES string of the molecule is O=C(OCCCOc1c(Cl)cc(OCC=C(Cl)Cl)cc1Cl)N1CCN(c2ncc([N+](=O)[O-])cc2Cl)CC1. The Morgan fingerprint density at radius 1 is 1.03 bits per heavy atom. The zero-order valence-corrected chi connectivity index (χ0v) is 23.0. The minimum absolute atomic E-state index is 0.0876. The number of nitro groups is 1. The summed E-state index contributed by atoms with van der Waals surface area (Å²) in [5, 5.41) is 11.6. The first kappa shape index (κ1) is 29.2. The molecule has 0 bridgehead atoms. The van der Waals surface area contributed by atoms with Crippen molar-refractivity contribution < 1.29 is 23.9 Å². The molecule has 1 fully saturated rings. The van der Waals surface area contributed by atoms with Crippen LogP contribution < -0.4 is 14.4 Å². The maximum atomic E-state index is 12.4. The Bertz CT molecular complexity index is 1130. The molecule has 2 aromatic rings. The molecule has 0 spiro atoms. The van der Waals surface area contributed by atoms with Crippen molar-refractivity contribution >= 4 is 75.6 Å². The average molecular weight is 615 g/mol. The van der Waals surface area contributed by atoms with E-state index < -0.39 is 11.0 Å². The Morgan fingerprint density at radius 2 is 1.70 bits per heavy atom. The van der Waals surface area contributed by atoms with Crippen LogP contribution in [0, 0.1) is 10.1 Å². The highest BCUT2D eigenvalue weighted by atomic mass is 35.5. The predicted octanol–water partition coefficient (Wildman–Crippen LogP) is 6.38. The lowest BCUT2D eigenvalue weighted by Gasteiger charge is -2.35. The molecule has 0 saturated carbocycles. The Morgan fingerprint density at radius 3 is 2.30 bits per heavy atom. The van der Waals surface area contributed by atoms with Crippen LogP contribution in [0.15, 0.2) is 35.0 Å². The van der Waals surface area contributed by atoms with E-state index >= 15 is 0 Å². The van der Waals surface area contributed by atoms with Gasteiger partial charge in [0.25, 0.3) is 5.69 Å². The number of ether oxygens (including phenoxy) is 3. The van der Waals surface area contributed by atoms with Crippen LogP contribution in [0.25, 0.3) is 0 Å². The molecule has 0 unspecified atom stereocenters. The molecule has 1 aromatic carbocycles. The summed E-state index contributed by atoms with van der Waals surface area (Å²) in [5.41, 5.74) is -0.183. The van der Waals surface area contributed by atoms with Gasteiger partial charge < -0.3 is 24.0 Å². The van der Waals surface area contributed by atoms with E-state index in [-0.39, 0.29) is 45.1 Å². The van der Waals surface area contributed by atoms with Gasteiger partial charge in [-0.15, -0.1) is 0 Å². The van der Waals surface area contributed by atoms with Crippen LogP contribution in [0.2, 0.25) is 15.1 Å². The molecule has 2 heterocycles. The molecule has 200 valence electrons. The van der Waals surface area contributed by atoms with Gasteiger partial charge in [-0.25, -0.2) is 9.78 Å². The number of rotatable bonds is 10. The molecule has 0 radical (unpaired) electrons. The van der Waals surface area contributed by atoms with Crippen molar-refractivity contribution in [2.45, 2.75) is 6.42 Å². The number of carbonyl (C=O) groups excluding carboxylic acids is 1. The monoisotopic (exact) mass is 612 g/mol. The highest BCUT2D eigenvalue weighted by molar-refractivity contribution is 6.55. The van der Waals surface area contributed by atoms with E-state index in [1.54, 1.807) is 17.0 Å². The van der Waals surface area contributed by atoms with Gasteiger partial charge in [0.15, 0.2) is 5.75 Å². The molecular weight excluding hydrogens is 594 g/mol. The lowest BCUT2D eigenvalue weighted by Crippen LogP contribution is -2.49. The third-order valence-corrected chi connectivity index (χ3v) is 6.22. The lowest BCUT2D eigenvalue weighted by molar-refractivity contribution is -0.385. The van der Waals surface area contributed by atoms with Gasteiger partial charge in [-0.3, -0.25) is 10.1 Å². The second kappa shape index (κ2) is 14.0. The summed E-state index contributed by atoms with van der Waals surface area (Å²) in [7, 11) is 0. The van der Waals surface area contributed by atoms with Gasteiger partial charge in [-0.2, -0.15) is 0 Å². The van der Waals surface area contributed by atoms with Crippen LogP contribution in [-0.2, 0) is 4.74 Å². The topological polar surface area (TPSA) is 107 Å². The number of anilines is 1. The number of hydrogen-bond donors (Lipinski definition) is 0. The molecule has 0 atom stereocenters. The molecule has 15 heteroatoms. The molecule has 1 amide bonds. The predicted molar refractivity (Wildman–Crippen MR) is 143 cm³/mol. The van der Waals surface area contributed by atoms with Crippen LogP contribution in [0.3, 0.4) is 0 Å². The standard InChI is InChI=1S/C22H21Cl5N4O6/c23-16-11-15(35-9-2-19(26)27)12-17(24)20(16)36-7-1-8-37-22(32)30-5-3-29(4-6-30)21-18(25)10-14(13-28-21)31(33)34/h2,10-13H,1,3-9H2. The van der Waals surface area contributed by atoms with Crippen molar-refractivity contribution in [1.82, 2.24) is 9.88 Å². The van der Waals surface area contributed by atoms with E-state index in [2.05, 4.69) is 4.98 Å². The van der Waals surface area contributed by atoms with Crippen LogP contribution in [0.1, 0.15) is 6.42 Å². The van der Waals surface area contributed by atoms with Gasteiger partial charge >= 0.3 is 6.09 Å². The first-order valence-electron chi connectivity index (χ1n) is 10.9. The second-order valence-electron chi connectivity index (χ2n) is 7.57. The third kappa shape index (κ3) is 8.58. The fourth-order valence-corrected chi connectivity index (χ4v) is 4.28. The van der Waals surface area contributed by atoms with Gasteiger partial charge in [0.2, 0.25) is 0 Å². The number of piperazine rings is 1. The number of carbonyl (C=O) groups is 1. The summed E-state index contributed by atoms with van der Waals surface area (Å²) in [5.74, 6) is 1.15. The van der Waals surface area contributed by atoms with Gasteiger partial charge in [0.05, 0.1) is 33.2 Å². The molecule has 0 N–H and O–H groups in total. The van der Waals surface area contributed by atoms with Gasteiger partial charge in [-0.1, -0.05) is 58.0 Å². The van der Waals surface area contributed by atoms with Crippen molar-refractivity contribution in [1.29, 1.82) is 0 Å². The Labute approximate surface area is 237 Å². The quantitative estimate of drug-likeness (QED) is 0.173. The van der Waals surface area contributed by atoms with E-state index in [1.807, 2.05) is 4.90 Å². The van der Waals surface area contributed by atoms with E-state index in [9.17, 15) is 14.9 Å². The molecule has 3 rings (SSSR count). The maximum Gasteiger partial charge on any atom is 0.409 e. The van der Waals surface area contributed by atoms with Gasteiger partial charge in [-0.05, 0) is 6.08 Å². The first-order valence-corrected chi connectivity index (χ1v) is 12.8. The Hall–Kier alpha value is -2.37. The number of pyridine rings is 1. The summed E-state index contributed by atoms with van der Waals surface area (Å²) in [6.45, 7) is 2.18. The van der Waals surface area contributed by atoms with Crippen molar-refractivity contribution in [2.75, 3.05) is 50.9 Å². The van der Waals surface area contributed by atoms with E-state index in [1.165, 1.54) is 12.1 Å². The summed E-state index contributed by atoms with van der Waals surface area (Å²) in [6, 6.07) is 4.36. The molecular formula is C22H21Cl5N4O6. The third-order valence-electron chi connectivity index (χ3n) is 5.08. The minimum atomic E-state index is -0.559. The fraction of sp³-hybridized carbons (Fsp3) is 0.364. The van der Waals surface area contributed by atoms with Crippen molar-refractivity contribution in [3.63, 3.8) is 0 Å². The molecule has 1 saturated heterocycles. The smallest absolute Gasteiger partial charge is 0.409 e. The number of nitrogens with zero attached hydrogens (tertiary/aromatic N) is 4. The van der Waals surface area contributed by atoms with E-state index in [0.717, 1.165) is 6.20 Å². The lowest BCUT2D eigenvalue weighted by atomic mass is 10.3. The van der Waals surface area contributed by atoms with E-state index in [0.29, 0.717) is 49.9 Å². The summed E-state index contributed by atoms with van der Waals surface area (Å²) < 4.78 is 16.5. The zero-order valence-electron chi connectivity index (χ0n) is 19.2. The van der Waals surface area contributed by atoms with Crippen LogP contribution in [-0.4, -0.2) is 66.9 Å². The number of aromatic nitrogens is 1. The van der Waals surface area contributed by atoms with Crippen LogP contribution in [0.5, 0.6) is 11.5 Å². The number of halogens is 5. The highest BCUT2D eigenvalue weighted by Crippen LogP contribution is 2.37. The van der Waals surface area contributed by atoms with E-state index in [4.69, 9.17) is 72.2 Å². The Kier molecular flexibility index (Phi) is 11.0. The molecule has 1 aromatic heterocycles. The summed E-state index contributed by atoms with van der Waals surface area (Å²) in [4.78, 5) is 30.2. The van der Waals surface area contributed by atoms with Crippen molar-refractivity contribution in [2.24, 2.45) is 0 Å². The largest absolute Gasteiger partial charge is 0.490 e. The molecule has 0 aliphatic carbocycles. The Balaban J connectivity index is 1.39. The van der Waals surface area contributed by atoms with Crippen LogP contribution >= 0.6 is 58.0 Å².